The van der Waals surface area contributed by atoms with Crippen LogP contribution in [0.15, 0.2) is 47.3 Å². The topological polar surface area (TPSA) is 93.8 Å². The van der Waals surface area contributed by atoms with Gasteiger partial charge in [0, 0.05) is 25.1 Å². The Hall–Kier alpha value is -3.39. The third-order valence-corrected chi connectivity index (χ3v) is 6.21. The molecule has 2 aromatic carbocycles. The average Bonchev–Trinajstić information content (AvgIpc) is 3.43. The van der Waals surface area contributed by atoms with Crippen LogP contribution < -0.4 is 15.0 Å². The molecular formula is C26H29N3O5. The molecule has 0 radical (unpaired) electrons. The van der Waals surface area contributed by atoms with Crippen LogP contribution in [0.4, 0.5) is 0 Å². The van der Waals surface area contributed by atoms with Crippen molar-refractivity contribution in [3.63, 3.8) is 0 Å². The summed E-state index contributed by atoms with van der Waals surface area (Å²) < 4.78 is 17.8. The van der Waals surface area contributed by atoms with Crippen molar-refractivity contribution in [1.29, 1.82) is 0 Å². The largest absolute Gasteiger partial charge is 0.483 e. The fraction of sp³-hybridized carbons (Fsp3) is 0.423. The number of nitrogens with one attached hydrogen (secondary N) is 1. The van der Waals surface area contributed by atoms with E-state index in [-0.39, 0.29) is 36.3 Å². The molecule has 1 amide bonds. The summed E-state index contributed by atoms with van der Waals surface area (Å²) in [6.45, 7) is 5.18. The predicted octanol–water partition coefficient (Wildman–Crippen LogP) is 3.22. The number of aromatic nitrogens is 2. The number of hydrogen-bond acceptors (Lipinski definition) is 6. The molecule has 1 fully saturated rings. The summed E-state index contributed by atoms with van der Waals surface area (Å²) in [5.74, 6) is 1.49. The van der Waals surface area contributed by atoms with Gasteiger partial charge in [0.1, 0.15) is 11.4 Å². The highest BCUT2D eigenvalue weighted by atomic mass is 16.5. The third-order valence-electron chi connectivity index (χ3n) is 6.21. The Morgan fingerprint density at radius 1 is 1.24 bits per heavy atom. The minimum atomic E-state index is -0.300. The van der Waals surface area contributed by atoms with Gasteiger partial charge in [0.15, 0.2) is 18.1 Å². The van der Waals surface area contributed by atoms with E-state index < -0.39 is 0 Å². The predicted molar refractivity (Wildman–Crippen MR) is 127 cm³/mol. The second-order valence-corrected chi connectivity index (χ2v) is 9.51. The minimum absolute atomic E-state index is 0.0405. The lowest BCUT2D eigenvalue weighted by Crippen LogP contribution is -2.40. The molecule has 1 atom stereocenters. The highest BCUT2D eigenvalue weighted by molar-refractivity contribution is 5.79. The summed E-state index contributed by atoms with van der Waals surface area (Å²) in [5, 5.41) is 0.521. The van der Waals surface area contributed by atoms with Gasteiger partial charge in [-0.15, -0.1) is 0 Å². The van der Waals surface area contributed by atoms with Crippen molar-refractivity contribution in [1.82, 2.24) is 14.9 Å². The Bertz CT molecular complexity index is 1260. The number of fused-ring (bicyclic) bond motifs is 2. The van der Waals surface area contributed by atoms with Crippen molar-refractivity contribution >= 4 is 16.8 Å². The molecule has 34 heavy (non-hydrogen) atoms. The van der Waals surface area contributed by atoms with Gasteiger partial charge in [-0.2, -0.15) is 0 Å². The first-order valence-electron chi connectivity index (χ1n) is 11.7. The smallest absolute Gasteiger partial charge is 0.261 e. The van der Waals surface area contributed by atoms with Gasteiger partial charge in [0.2, 0.25) is 0 Å². The fourth-order valence-electron chi connectivity index (χ4n) is 4.61. The molecule has 1 N–H and O–H groups in total. The number of carbonyl (C=O) groups excluding carboxylic acids is 1. The van der Waals surface area contributed by atoms with Crippen molar-refractivity contribution in [2.75, 3.05) is 19.8 Å². The first-order valence-corrected chi connectivity index (χ1v) is 11.7. The molecule has 2 aliphatic rings. The van der Waals surface area contributed by atoms with E-state index in [1.807, 2.05) is 38.1 Å². The number of rotatable bonds is 7. The van der Waals surface area contributed by atoms with Crippen LogP contribution >= 0.6 is 0 Å². The summed E-state index contributed by atoms with van der Waals surface area (Å²) in [6.07, 6.45) is 2.61. The van der Waals surface area contributed by atoms with Crippen molar-refractivity contribution in [3.8, 4) is 11.5 Å². The molecule has 178 valence electrons. The molecule has 3 aromatic rings. The van der Waals surface area contributed by atoms with Crippen LogP contribution in [-0.4, -0.2) is 52.2 Å². The van der Waals surface area contributed by atoms with E-state index in [2.05, 4.69) is 9.97 Å². The number of ether oxygens (including phenoxy) is 3. The van der Waals surface area contributed by atoms with Crippen LogP contribution in [0, 0.1) is 0 Å². The van der Waals surface area contributed by atoms with E-state index >= 15 is 0 Å². The standard InChI is InChI=1S/C26H29N3O5/c1-26(2)13-17-7-5-11-21(24(17)34-26)33-16-23(30)29(14-18-8-6-12-32-18)15-22-27-20-10-4-3-9-19(20)25(31)28-22/h3-5,7,9-11,18H,6,8,12-16H2,1-2H3,(H,27,28,31). The van der Waals surface area contributed by atoms with Crippen molar-refractivity contribution in [3.05, 3.63) is 64.2 Å². The van der Waals surface area contributed by atoms with E-state index in [1.165, 1.54) is 0 Å². The molecule has 5 rings (SSSR count). The van der Waals surface area contributed by atoms with E-state index in [9.17, 15) is 9.59 Å². The normalized spacial score (nSPS) is 18.5. The number of hydrogen-bond donors (Lipinski definition) is 1. The maximum atomic E-state index is 13.3. The molecule has 0 spiro atoms. The molecular weight excluding hydrogens is 434 g/mol. The van der Waals surface area contributed by atoms with Gasteiger partial charge < -0.3 is 24.1 Å². The highest BCUT2D eigenvalue weighted by Gasteiger charge is 2.32. The number of amides is 1. The quantitative estimate of drug-likeness (QED) is 0.578. The maximum Gasteiger partial charge on any atom is 0.261 e. The van der Waals surface area contributed by atoms with Crippen molar-refractivity contribution in [2.24, 2.45) is 0 Å². The van der Waals surface area contributed by atoms with E-state index in [4.69, 9.17) is 14.2 Å². The highest BCUT2D eigenvalue weighted by Crippen LogP contribution is 2.41. The number of carbonyl (C=O) groups is 1. The Labute approximate surface area is 197 Å². The SMILES string of the molecule is CC1(C)Cc2cccc(OCC(=O)N(Cc3nc4ccccc4c(=O)[nH]3)CC3CCCO3)c2O1. The van der Waals surface area contributed by atoms with Gasteiger partial charge >= 0.3 is 0 Å². The lowest BCUT2D eigenvalue weighted by atomic mass is 10.0. The van der Waals surface area contributed by atoms with Crippen LogP contribution in [0.3, 0.4) is 0 Å². The van der Waals surface area contributed by atoms with Gasteiger partial charge in [-0.05, 0) is 44.9 Å². The molecule has 1 aromatic heterocycles. The molecule has 1 saturated heterocycles. The Morgan fingerprint density at radius 3 is 2.91 bits per heavy atom. The molecule has 0 saturated carbocycles. The van der Waals surface area contributed by atoms with Crippen molar-refractivity contribution in [2.45, 2.75) is 51.4 Å². The molecule has 1 unspecified atom stereocenters. The lowest BCUT2D eigenvalue weighted by molar-refractivity contribution is -0.135. The summed E-state index contributed by atoms with van der Waals surface area (Å²) in [7, 11) is 0. The zero-order valence-corrected chi connectivity index (χ0v) is 19.5. The Balaban J connectivity index is 1.34. The molecule has 2 aliphatic heterocycles. The zero-order chi connectivity index (χ0) is 23.7. The number of para-hydroxylation sites is 2. The Kier molecular flexibility index (Phi) is 6.00. The molecule has 0 aliphatic carbocycles. The number of aromatic amines is 1. The number of H-pyrrole nitrogens is 1. The van der Waals surface area contributed by atoms with E-state index in [0.717, 1.165) is 24.8 Å². The first kappa shape index (κ1) is 22.4. The van der Waals surface area contributed by atoms with E-state index in [1.54, 1.807) is 23.1 Å². The maximum absolute atomic E-state index is 13.3. The molecule has 3 heterocycles. The minimum Gasteiger partial charge on any atom is -0.483 e. The van der Waals surface area contributed by atoms with Crippen LogP contribution in [0.25, 0.3) is 10.9 Å². The van der Waals surface area contributed by atoms with Gasteiger partial charge in [-0.1, -0.05) is 24.3 Å². The average molecular weight is 464 g/mol. The summed E-state index contributed by atoms with van der Waals surface area (Å²) in [4.78, 5) is 34.8. The fourth-order valence-corrected chi connectivity index (χ4v) is 4.61. The Morgan fingerprint density at radius 2 is 2.09 bits per heavy atom. The molecule has 0 bridgehead atoms. The summed E-state index contributed by atoms with van der Waals surface area (Å²) in [6, 6.07) is 12.9. The van der Waals surface area contributed by atoms with Crippen LogP contribution in [-0.2, 0) is 22.5 Å². The van der Waals surface area contributed by atoms with Gasteiger partial charge in [0.25, 0.3) is 11.5 Å². The number of benzene rings is 2. The monoisotopic (exact) mass is 463 g/mol. The van der Waals surface area contributed by atoms with Gasteiger partial charge in [0.05, 0.1) is 23.6 Å². The second-order valence-electron chi connectivity index (χ2n) is 9.51. The van der Waals surface area contributed by atoms with Crippen LogP contribution in [0.1, 0.15) is 38.1 Å². The van der Waals surface area contributed by atoms with Crippen molar-refractivity contribution < 1.29 is 19.0 Å². The second kappa shape index (κ2) is 9.10. The number of nitrogens with zero attached hydrogens (tertiary/aromatic N) is 2. The third kappa shape index (κ3) is 4.77. The molecule has 8 heteroatoms. The molecule has 8 nitrogen and oxygen atoms in total. The van der Waals surface area contributed by atoms with Crippen LogP contribution in [0.2, 0.25) is 0 Å². The zero-order valence-electron chi connectivity index (χ0n) is 19.5. The van der Waals surface area contributed by atoms with E-state index in [0.29, 0.717) is 41.4 Å². The summed E-state index contributed by atoms with van der Waals surface area (Å²) >= 11 is 0. The lowest BCUT2D eigenvalue weighted by Gasteiger charge is -2.25. The van der Waals surface area contributed by atoms with Crippen LogP contribution in [0.5, 0.6) is 11.5 Å². The van der Waals surface area contributed by atoms with Gasteiger partial charge in [-0.25, -0.2) is 4.98 Å². The van der Waals surface area contributed by atoms with Gasteiger partial charge in [-0.3, -0.25) is 9.59 Å². The summed E-state index contributed by atoms with van der Waals surface area (Å²) in [5.41, 5.74) is 1.15. The first-order chi connectivity index (χ1) is 16.4.